The summed E-state index contributed by atoms with van der Waals surface area (Å²) < 4.78 is 39.0. The highest BCUT2D eigenvalue weighted by molar-refractivity contribution is 7.80. The molecule has 0 aromatic carbocycles. The Bertz CT molecular complexity index is 424. The molecule has 0 saturated carbocycles. The molecule has 1 saturated heterocycles. The van der Waals surface area contributed by atoms with Crippen LogP contribution in [0.15, 0.2) is 0 Å². The molecule has 5 atom stereocenters. The van der Waals surface area contributed by atoms with Gasteiger partial charge in [0.2, 0.25) is 5.91 Å². The molecule has 1 unspecified atom stereocenters. The molecule has 1 rings (SSSR count). The number of amides is 1. The van der Waals surface area contributed by atoms with Crippen LogP contribution >= 0.6 is 0 Å². The number of rotatable bonds is 4. The van der Waals surface area contributed by atoms with Crippen molar-refractivity contribution in [1.29, 1.82) is 0 Å². The second kappa shape index (κ2) is 6.09. The van der Waals surface area contributed by atoms with E-state index in [4.69, 9.17) is 14.4 Å². The van der Waals surface area contributed by atoms with Gasteiger partial charge >= 0.3 is 10.4 Å². The quantitative estimate of drug-likeness (QED) is 0.335. The van der Waals surface area contributed by atoms with Crippen molar-refractivity contribution in [3.8, 4) is 0 Å². The minimum atomic E-state index is -4.94. The smallest absolute Gasteiger partial charge is 0.394 e. The molecular formula is C8H15NO9S. The van der Waals surface area contributed by atoms with Gasteiger partial charge < -0.3 is 25.4 Å². The van der Waals surface area contributed by atoms with Gasteiger partial charge in [0.15, 0.2) is 6.29 Å². The maximum atomic E-state index is 11.0. The number of ether oxygens (including phenoxy) is 1. The molecule has 19 heavy (non-hydrogen) atoms. The van der Waals surface area contributed by atoms with Crippen LogP contribution in [-0.4, -0.2) is 71.4 Å². The highest BCUT2D eigenvalue weighted by Gasteiger charge is 2.47. The predicted octanol–water partition coefficient (Wildman–Crippen LogP) is -3.25. The lowest BCUT2D eigenvalue weighted by molar-refractivity contribution is -0.249. The number of aliphatic hydroxyl groups excluding tert-OH is 3. The zero-order valence-corrected chi connectivity index (χ0v) is 10.6. The molecule has 0 spiro atoms. The number of carbonyl (C=O) groups is 1. The summed E-state index contributed by atoms with van der Waals surface area (Å²) in [6.45, 7) is 0.359. The second-order valence-corrected chi connectivity index (χ2v) is 5.00. The van der Waals surface area contributed by atoms with Gasteiger partial charge in [0.1, 0.15) is 24.4 Å². The van der Waals surface area contributed by atoms with Crippen LogP contribution < -0.4 is 5.32 Å². The van der Waals surface area contributed by atoms with E-state index in [1.54, 1.807) is 0 Å². The van der Waals surface area contributed by atoms with Gasteiger partial charge in [0, 0.05) is 6.92 Å². The summed E-state index contributed by atoms with van der Waals surface area (Å²) in [6.07, 6.45) is -6.45. The first-order valence-corrected chi connectivity index (χ1v) is 6.57. The van der Waals surface area contributed by atoms with Crippen molar-refractivity contribution in [2.24, 2.45) is 0 Å². The molecule has 1 fully saturated rings. The average molecular weight is 301 g/mol. The summed E-state index contributed by atoms with van der Waals surface area (Å²) >= 11 is 0. The SMILES string of the molecule is CC(=O)N[C@@H]1C(O)O[C@H](CO)[C@@H](O)[C@@H]1OS(=O)(=O)O. The maximum absolute atomic E-state index is 11.0. The zero-order valence-electron chi connectivity index (χ0n) is 9.83. The molecule has 5 N–H and O–H groups in total. The zero-order chi connectivity index (χ0) is 14.8. The van der Waals surface area contributed by atoms with Crippen molar-refractivity contribution in [3.63, 3.8) is 0 Å². The van der Waals surface area contributed by atoms with Gasteiger partial charge in [-0.1, -0.05) is 0 Å². The Labute approximate surface area is 108 Å². The molecule has 1 amide bonds. The van der Waals surface area contributed by atoms with Gasteiger partial charge in [0.25, 0.3) is 0 Å². The molecule has 1 aliphatic heterocycles. The molecule has 0 aliphatic carbocycles. The van der Waals surface area contributed by atoms with Crippen molar-refractivity contribution < 1.29 is 42.0 Å². The second-order valence-electron chi connectivity index (χ2n) is 3.95. The minimum Gasteiger partial charge on any atom is -0.394 e. The minimum absolute atomic E-state index is 0.647. The van der Waals surface area contributed by atoms with Crippen LogP contribution in [0.5, 0.6) is 0 Å². The lowest BCUT2D eigenvalue weighted by atomic mass is 9.97. The fourth-order valence-corrected chi connectivity index (χ4v) is 2.24. The molecule has 0 aromatic heterocycles. The molecule has 1 heterocycles. The molecule has 0 aromatic rings. The van der Waals surface area contributed by atoms with E-state index in [-0.39, 0.29) is 0 Å². The Morgan fingerprint density at radius 2 is 2.00 bits per heavy atom. The highest BCUT2D eigenvalue weighted by atomic mass is 32.3. The van der Waals surface area contributed by atoms with E-state index in [0.717, 1.165) is 6.92 Å². The number of carbonyl (C=O) groups excluding carboxylic acids is 1. The van der Waals surface area contributed by atoms with E-state index in [0.29, 0.717) is 0 Å². The highest BCUT2D eigenvalue weighted by Crippen LogP contribution is 2.23. The largest absolute Gasteiger partial charge is 0.397 e. The van der Waals surface area contributed by atoms with E-state index >= 15 is 0 Å². The van der Waals surface area contributed by atoms with E-state index in [9.17, 15) is 23.4 Å². The third kappa shape index (κ3) is 4.35. The van der Waals surface area contributed by atoms with E-state index in [2.05, 4.69) is 9.50 Å². The maximum Gasteiger partial charge on any atom is 0.397 e. The van der Waals surface area contributed by atoms with Gasteiger partial charge in [-0.25, -0.2) is 4.18 Å². The lowest BCUT2D eigenvalue weighted by Gasteiger charge is -2.41. The van der Waals surface area contributed by atoms with Gasteiger partial charge in [-0.05, 0) is 0 Å². The monoisotopic (exact) mass is 301 g/mol. The van der Waals surface area contributed by atoms with E-state index < -0.39 is 53.6 Å². The normalized spacial score (nSPS) is 35.9. The molecule has 112 valence electrons. The summed E-state index contributed by atoms with van der Waals surface area (Å²) in [5, 5.41) is 30.4. The Hall–Kier alpha value is -0.820. The topological polar surface area (TPSA) is 163 Å². The van der Waals surface area contributed by atoms with Crippen LogP contribution in [0, 0.1) is 0 Å². The predicted molar refractivity (Wildman–Crippen MR) is 58.0 cm³/mol. The van der Waals surface area contributed by atoms with Gasteiger partial charge in [-0.3, -0.25) is 9.35 Å². The van der Waals surface area contributed by atoms with Crippen LogP contribution in [-0.2, 0) is 24.1 Å². The summed E-state index contributed by atoms with van der Waals surface area (Å²) in [6, 6.07) is -1.43. The first kappa shape index (κ1) is 16.2. The van der Waals surface area contributed by atoms with Crippen LogP contribution in [0.25, 0.3) is 0 Å². The molecule has 1 aliphatic rings. The van der Waals surface area contributed by atoms with Crippen LogP contribution in [0.1, 0.15) is 6.92 Å². The molecule has 0 bridgehead atoms. The number of hydrogen-bond acceptors (Lipinski definition) is 8. The Morgan fingerprint density at radius 1 is 1.42 bits per heavy atom. The van der Waals surface area contributed by atoms with Crippen molar-refractivity contribution in [3.05, 3.63) is 0 Å². The third-order valence-electron chi connectivity index (χ3n) is 2.48. The molecule has 10 nitrogen and oxygen atoms in total. The van der Waals surface area contributed by atoms with E-state index in [1.165, 1.54) is 0 Å². The number of hydrogen-bond donors (Lipinski definition) is 5. The molecule has 11 heteroatoms. The Kier molecular flexibility index (Phi) is 5.20. The van der Waals surface area contributed by atoms with Gasteiger partial charge in [-0.2, -0.15) is 8.42 Å². The number of aliphatic hydroxyl groups is 3. The van der Waals surface area contributed by atoms with Gasteiger partial charge in [0.05, 0.1) is 6.61 Å². The van der Waals surface area contributed by atoms with Crippen molar-refractivity contribution >= 4 is 16.3 Å². The van der Waals surface area contributed by atoms with Crippen molar-refractivity contribution in [1.82, 2.24) is 5.32 Å². The summed E-state index contributed by atoms with van der Waals surface area (Å²) in [4.78, 5) is 11.0. The Morgan fingerprint density at radius 3 is 2.42 bits per heavy atom. The van der Waals surface area contributed by atoms with Crippen LogP contribution in [0.2, 0.25) is 0 Å². The summed E-state index contributed by atoms with van der Waals surface area (Å²) in [7, 11) is -4.94. The number of nitrogens with one attached hydrogen (secondary N) is 1. The first-order valence-electron chi connectivity index (χ1n) is 5.21. The lowest BCUT2D eigenvalue weighted by Crippen LogP contribution is -2.65. The molecule has 0 radical (unpaired) electrons. The van der Waals surface area contributed by atoms with Crippen LogP contribution in [0.4, 0.5) is 0 Å². The summed E-state index contributed by atoms with van der Waals surface area (Å²) in [5.74, 6) is -0.647. The average Bonchev–Trinajstić information content (AvgIpc) is 2.26. The summed E-state index contributed by atoms with van der Waals surface area (Å²) in [5.41, 5.74) is 0. The first-order chi connectivity index (χ1) is 8.65. The standard InChI is InChI=1S/C8H15NO9S/c1-3(11)9-5-7(18-19(14,15)16)6(12)4(2-10)17-8(5)13/h4-8,10,12-13H,2H2,1H3,(H,9,11)(H,14,15,16)/t4-,5+,6-,7-,8?/m1/s1. The molecular weight excluding hydrogens is 286 g/mol. The Balaban J connectivity index is 3.00. The third-order valence-corrected chi connectivity index (χ3v) is 2.94. The van der Waals surface area contributed by atoms with Gasteiger partial charge in [-0.15, -0.1) is 0 Å². The van der Waals surface area contributed by atoms with E-state index in [1.807, 2.05) is 0 Å². The van der Waals surface area contributed by atoms with Crippen molar-refractivity contribution in [2.75, 3.05) is 6.61 Å². The van der Waals surface area contributed by atoms with Crippen LogP contribution in [0.3, 0.4) is 0 Å². The fourth-order valence-electron chi connectivity index (χ4n) is 1.73. The van der Waals surface area contributed by atoms with Crippen molar-refractivity contribution in [2.45, 2.75) is 37.6 Å². The fraction of sp³-hybridized carbons (Fsp3) is 0.875.